The maximum absolute atomic E-state index is 13.0. The lowest BCUT2D eigenvalue weighted by Crippen LogP contribution is -2.47. The Bertz CT molecular complexity index is 763. The van der Waals surface area contributed by atoms with Gasteiger partial charge in [-0.1, -0.05) is 0 Å². The minimum Gasteiger partial charge on any atom is -0.352 e. The fraction of sp³-hybridized carbons (Fsp3) is 0.529. The number of halogens is 1. The van der Waals surface area contributed by atoms with Crippen LogP contribution in [0.5, 0.6) is 0 Å². The number of carbonyl (C=O) groups excluding carboxylic acids is 2. The van der Waals surface area contributed by atoms with Crippen LogP contribution in [-0.4, -0.2) is 55.8 Å². The molecule has 1 N–H and O–H groups in total. The van der Waals surface area contributed by atoms with Crippen molar-refractivity contribution in [2.75, 3.05) is 24.6 Å². The van der Waals surface area contributed by atoms with Gasteiger partial charge in [-0.25, -0.2) is 12.8 Å². The normalized spacial score (nSPS) is 25.6. The third-order valence-electron chi connectivity index (χ3n) is 4.75. The van der Waals surface area contributed by atoms with Crippen molar-refractivity contribution in [3.8, 4) is 0 Å². The highest BCUT2D eigenvalue weighted by molar-refractivity contribution is 7.91. The number of rotatable bonds is 3. The Balaban J connectivity index is 1.59. The van der Waals surface area contributed by atoms with E-state index >= 15 is 0 Å². The summed E-state index contributed by atoms with van der Waals surface area (Å²) in [5, 5.41) is 2.81. The maximum atomic E-state index is 13.0. The van der Waals surface area contributed by atoms with E-state index in [1.165, 1.54) is 24.3 Å². The van der Waals surface area contributed by atoms with Crippen LogP contribution in [0.4, 0.5) is 4.39 Å². The summed E-state index contributed by atoms with van der Waals surface area (Å²) in [4.78, 5) is 26.5. The van der Waals surface area contributed by atoms with E-state index in [4.69, 9.17) is 0 Å². The van der Waals surface area contributed by atoms with Gasteiger partial charge in [-0.3, -0.25) is 9.59 Å². The average Bonchev–Trinajstić information content (AvgIpc) is 2.93. The number of piperidine rings is 1. The molecule has 136 valence electrons. The van der Waals surface area contributed by atoms with Crippen molar-refractivity contribution in [2.24, 2.45) is 5.92 Å². The number of amides is 2. The number of likely N-dealkylation sites (tertiary alicyclic amines) is 1. The van der Waals surface area contributed by atoms with Crippen molar-refractivity contribution in [3.63, 3.8) is 0 Å². The van der Waals surface area contributed by atoms with Crippen molar-refractivity contribution in [1.29, 1.82) is 0 Å². The molecule has 2 aliphatic rings. The quantitative estimate of drug-likeness (QED) is 0.862. The molecule has 8 heteroatoms. The predicted octanol–water partition coefficient (Wildman–Crippen LogP) is 0.981. The fourth-order valence-electron chi connectivity index (χ4n) is 3.38. The van der Waals surface area contributed by atoms with Gasteiger partial charge in [-0.15, -0.1) is 0 Å². The first kappa shape index (κ1) is 17.8. The molecule has 0 spiro atoms. The Morgan fingerprint density at radius 1 is 1.16 bits per heavy atom. The molecule has 2 saturated heterocycles. The molecule has 6 nitrogen and oxygen atoms in total. The minimum absolute atomic E-state index is 0.0102. The zero-order valence-electron chi connectivity index (χ0n) is 13.8. The van der Waals surface area contributed by atoms with Crippen LogP contribution < -0.4 is 5.32 Å². The number of sulfone groups is 1. The topological polar surface area (TPSA) is 83.6 Å². The summed E-state index contributed by atoms with van der Waals surface area (Å²) >= 11 is 0. The molecule has 1 aromatic rings. The van der Waals surface area contributed by atoms with Crippen LogP contribution >= 0.6 is 0 Å². The third-order valence-corrected chi connectivity index (χ3v) is 6.52. The average molecular weight is 368 g/mol. The first-order valence-electron chi connectivity index (χ1n) is 8.40. The second-order valence-corrected chi connectivity index (χ2v) is 8.93. The van der Waals surface area contributed by atoms with E-state index in [0.717, 1.165) is 0 Å². The zero-order chi connectivity index (χ0) is 18.0. The molecule has 0 radical (unpaired) electrons. The Kier molecular flexibility index (Phi) is 5.08. The molecule has 2 heterocycles. The number of nitrogens with one attached hydrogen (secondary N) is 1. The zero-order valence-corrected chi connectivity index (χ0v) is 14.6. The van der Waals surface area contributed by atoms with Crippen molar-refractivity contribution in [1.82, 2.24) is 10.2 Å². The van der Waals surface area contributed by atoms with E-state index < -0.39 is 15.7 Å². The summed E-state index contributed by atoms with van der Waals surface area (Å²) in [6.07, 6.45) is 1.81. The molecule has 3 rings (SSSR count). The van der Waals surface area contributed by atoms with Crippen molar-refractivity contribution >= 4 is 21.7 Å². The number of benzene rings is 1. The van der Waals surface area contributed by atoms with Gasteiger partial charge in [0, 0.05) is 24.7 Å². The lowest BCUT2D eigenvalue weighted by molar-refractivity contribution is -0.126. The van der Waals surface area contributed by atoms with Gasteiger partial charge in [0.2, 0.25) is 5.91 Å². The van der Waals surface area contributed by atoms with Crippen molar-refractivity contribution in [2.45, 2.75) is 25.3 Å². The molecule has 0 aliphatic carbocycles. The monoisotopic (exact) mass is 368 g/mol. The van der Waals surface area contributed by atoms with E-state index in [-0.39, 0.29) is 35.3 Å². The van der Waals surface area contributed by atoms with E-state index in [2.05, 4.69) is 5.32 Å². The molecule has 0 aromatic heterocycles. The van der Waals surface area contributed by atoms with Gasteiger partial charge in [0.25, 0.3) is 5.91 Å². The molecular formula is C17H21FN2O4S. The Labute approximate surface area is 146 Å². The van der Waals surface area contributed by atoms with Crippen LogP contribution in [0.15, 0.2) is 24.3 Å². The minimum atomic E-state index is -3.05. The summed E-state index contributed by atoms with van der Waals surface area (Å²) < 4.78 is 36.0. The van der Waals surface area contributed by atoms with Gasteiger partial charge in [0.1, 0.15) is 5.82 Å². The lowest BCUT2D eigenvalue weighted by atomic mass is 9.96. The molecule has 0 bridgehead atoms. The third kappa shape index (κ3) is 4.36. The van der Waals surface area contributed by atoms with Gasteiger partial charge in [0.05, 0.1) is 17.4 Å². The first-order valence-corrected chi connectivity index (χ1v) is 10.2. The summed E-state index contributed by atoms with van der Waals surface area (Å²) in [6, 6.07) is 5.01. The Morgan fingerprint density at radius 3 is 2.52 bits per heavy atom. The van der Waals surface area contributed by atoms with Crippen LogP contribution in [0.25, 0.3) is 0 Å². The summed E-state index contributed by atoms with van der Waals surface area (Å²) in [5.41, 5.74) is 0.393. The number of carbonyl (C=O) groups is 2. The summed E-state index contributed by atoms with van der Waals surface area (Å²) in [5.74, 6) is -1.07. The smallest absolute Gasteiger partial charge is 0.253 e. The largest absolute Gasteiger partial charge is 0.352 e. The lowest BCUT2D eigenvalue weighted by Gasteiger charge is -2.32. The van der Waals surface area contributed by atoms with Crippen molar-refractivity contribution in [3.05, 3.63) is 35.6 Å². The van der Waals surface area contributed by atoms with E-state index in [1.54, 1.807) is 4.90 Å². The molecule has 2 atom stereocenters. The van der Waals surface area contributed by atoms with E-state index in [0.29, 0.717) is 37.9 Å². The fourth-order valence-corrected chi connectivity index (χ4v) is 5.05. The summed E-state index contributed by atoms with van der Waals surface area (Å²) in [7, 11) is -3.05. The molecule has 25 heavy (non-hydrogen) atoms. The number of nitrogens with zero attached hydrogens (tertiary/aromatic N) is 1. The van der Waals surface area contributed by atoms with Crippen LogP contribution in [0.2, 0.25) is 0 Å². The predicted molar refractivity (Wildman–Crippen MR) is 90.2 cm³/mol. The van der Waals surface area contributed by atoms with E-state index in [9.17, 15) is 22.4 Å². The van der Waals surface area contributed by atoms with Crippen LogP contribution in [0, 0.1) is 11.7 Å². The van der Waals surface area contributed by atoms with Gasteiger partial charge >= 0.3 is 0 Å². The molecule has 2 aliphatic heterocycles. The van der Waals surface area contributed by atoms with Crippen LogP contribution in [0.3, 0.4) is 0 Å². The molecule has 2 fully saturated rings. The van der Waals surface area contributed by atoms with Gasteiger partial charge < -0.3 is 10.2 Å². The van der Waals surface area contributed by atoms with Crippen LogP contribution in [0.1, 0.15) is 29.6 Å². The Hall–Kier alpha value is -1.96. The maximum Gasteiger partial charge on any atom is 0.253 e. The SMILES string of the molecule is O=C(NC1CCS(=O)(=O)C1)C1CCCN(C(=O)c2ccc(F)cc2)C1. The molecule has 2 amide bonds. The van der Waals surface area contributed by atoms with Crippen molar-refractivity contribution < 1.29 is 22.4 Å². The highest BCUT2D eigenvalue weighted by Gasteiger charge is 2.33. The molecule has 0 saturated carbocycles. The first-order chi connectivity index (χ1) is 11.8. The molecule has 2 unspecified atom stereocenters. The highest BCUT2D eigenvalue weighted by atomic mass is 32.2. The molecule has 1 aromatic carbocycles. The van der Waals surface area contributed by atoms with Gasteiger partial charge in [-0.2, -0.15) is 0 Å². The highest BCUT2D eigenvalue weighted by Crippen LogP contribution is 2.20. The van der Waals surface area contributed by atoms with E-state index in [1.807, 2.05) is 0 Å². The van der Waals surface area contributed by atoms with Gasteiger partial charge in [-0.05, 0) is 43.5 Å². The molecular weight excluding hydrogens is 347 g/mol. The van der Waals surface area contributed by atoms with Crippen LogP contribution in [-0.2, 0) is 14.6 Å². The number of hydrogen-bond donors (Lipinski definition) is 1. The second-order valence-electron chi connectivity index (χ2n) is 6.71. The Morgan fingerprint density at radius 2 is 1.88 bits per heavy atom. The second kappa shape index (κ2) is 7.11. The number of hydrogen-bond acceptors (Lipinski definition) is 4. The van der Waals surface area contributed by atoms with Gasteiger partial charge in [0.15, 0.2) is 9.84 Å². The summed E-state index contributed by atoms with van der Waals surface area (Å²) in [6.45, 7) is 0.847. The standard InChI is InChI=1S/C17H21FN2O4S/c18-14-5-3-12(4-6-14)17(22)20-8-1-2-13(10-20)16(21)19-15-7-9-25(23,24)11-15/h3-6,13,15H,1-2,7-11H2,(H,19,21).